The minimum atomic E-state index is 0. The van der Waals surface area contributed by atoms with Crippen LogP contribution < -0.4 is 10.6 Å². The summed E-state index contributed by atoms with van der Waals surface area (Å²) in [5.41, 5.74) is 2.52. The molecule has 1 unspecified atom stereocenters. The van der Waals surface area contributed by atoms with Crippen LogP contribution in [0.25, 0.3) is 10.9 Å². The lowest BCUT2D eigenvalue weighted by molar-refractivity contribution is 0.481. The first-order valence-electron chi connectivity index (χ1n) is 8.21. The number of aromatic nitrogens is 1. The maximum absolute atomic E-state index is 4.70. The van der Waals surface area contributed by atoms with E-state index in [-0.39, 0.29) is 24.0 Å². The van der Waals surface area contributed by atoms with Crippen molar-refractivity contribution >= 4 is 40.8 Å². The third-order valence-corrected chi connectivity index (χ3v) is 4.03. The zero-order valence-corrected chi connectivity index (χ0v) is 16.8. The van der Waals surface area contributed by atoms with Gasteiger partial charge in [-0.1, -0.05) is 32.0 Å². The SMILES string of the molecule is CCNC(=NCCc1c[nH]c2ccccc12)NC(C)C(C)C.I. The van der Waals surface area contributed by atoms with Crippen molar-refractivity contribution in [2.45, 2.75) is 40.2 Å². The molecule has 0 bridgehead atoms. The van der Waals surface area contributed by atoms with Gasteiger partial charge in [0.05, 0.1) is 0 Å². The molecule has 0 spiro atoms. The van der Waals surface area contributed by atoms with E-state index >= 15 is 0 Å². The van der Waals surface area contributed by atoms with Gasteiger partial charge in [0.25, 0.3) is 0 Å². The van der Waals surface area contributed by atoms with E-state index in [4.69, 9.17) is 4.99 Å². The van der Waals surface area contributed by atoms with Crippen LogP contribution in [0, 0.1) is 5.92 Å². The van der Waals surface area contributed by atoms with Crippen molar-refractivity contribution in [3.63, 3.8) is 0 Å². The van der Waals surface area contributed by atoms with Crippen LogP contribution in [-0.4, -0.2) is 30.1 Å². The minimum Gasteiger partial charge on any atom is -0.361 e. The Morgan fingerprint density at radius 1 is 1.22 bits per heavy atom. The predicted molar refractivity (Wildman–Crippen MR) is 111 cm³/mol. The van der Waals surface area contributed by atoms with Crippen LogP contribution in [0.5, 0.6) is 0 Å². The lowest BCUT2D eigenvalue weighted by atomic mass is 10.1. The number of guanidine groups is 1. The van der Waals surface area contributed by atoms with Gasteiger partial charge in [0.1, 0.15) is 0 Å². The van der Waals surface area contributed by atoms with E-state index in [0.717, 1.165) is 25.5 Å². The summed E-state index contributed by atoms with van der Waals surface area (Å²) in [6.45, 7) is 10.4. The first-order valence-corrected chi connectivity index (χ1v) is 8.21. The first-order chi connectivity index (χ1) is 10.6. The van der Waals surface area contributed by atoms with E-state index < -0.39 is 0 Å². The highest BCUT2D eigenvalue weighted by atomic mass is 127. The van der Waals surface area contributed by atoms with Crippen LogP contribution in [-0.2, 0) is 6.42 Å². The molecule has 5 heteroatoms. The molecular formula is C18H29IN4. The number of aromatic amines is 1. The van der Waals surface area contributed by atoms with Gasteiger partial charge in [0.2, 0.25) is 0 Å². The highest BCUT2D eigenvalue weighted by Gasteiger charge is 2.09. The van der Waals surface area contributed by atoms with Gasteiger partial charge < -0.3 is 15.6 Å². The molecule has 128 valence electrons. The number of nitrogens with zero attached hydrogens (tertiary/aromatic N) is 1. The second kappa shape index (κ2) is 9.80. The normalized spacial score (nSPS) is 13.0. The molecule has 0 amide bonds. The Morgan fingerprint density at radius 3 is 2.65 bits per heavy atom. The number of aliphatic imine (C=N–C) groups is 1. The lowest BCUT2D eigenvalue weighted by Gasteiger charge is -2.20. The summed E-state index contributed by atoms with van der Waals surface area (Å²) >= 11 is 0. The summed E-state index contributed by atoms with van der Waals surface area (Å²) in [5.74, 6) is 1.49. The number of fused-ring (bicyclic) bond motifs is 1. The molecule has 3 N–H and O–H groups in total. The van der Waals surface area contributed by atoms with E-state index in [1.165, 1.54) is 16.5 Å². The van der Waals surface area contributed by atoms with Crippen molar-refractivity contribution in [2.24, 2.45) is 10.9 Å². The Kier molecular flexibility index (Phi) is 8.44. The molecule has 1 atom stereocenters. The van der Waals surface area contributed by atoms with Crippen molar-refractivity contribution < 1.29 is 0 Å². The number of hydrogen-bond donors (Lipinski definition) is 3. The summed E-state index contributed by atoms with van der Waals surface area (Å²) < 4.78 is 0. The number of hydrogen-bond acceptors (Lipinski definition) is 1. The van der Waals surface area contributed by atoms with Gasteiger partial charge in [-0.15, -0.1) is 24.0 Å². The smallest absolute Gasteiger partial charge is 0.191 e. The predicted octanol–water partition coefficient (Wildman–Crippen LogP) is 3.93. The quantitative estimate of drug-likeness (QED) is 0.371. The number of nitrogens with one attached hydrogen (secondary N) is 3. The van der Waals surface area contributed by atoms with Crippen molar-refractivity contribution in [1.82, 2.24) is 15.6 Å². The fourth-order valence-corrected chi connectivity index (χ4v) is 2.33. The second-order valence-corrected chi connectivity index (χ2v) is 6.05. The molecular weight excluding hydrogens is 399 g/mol. The molecule has 0 aliphatic rings. The molecule has 23 heavy (non-hydrogen) atoms. The van der Waals surface area contributed by atoms with Crippen LogP contribution in [0.2, 0.25) is 0 Å². The summed E-state index contributed by atoms with van der Waals surface area (Å²) in [7, 11) is 0. The maximum Gasteiger partial charge on any atom is 0.191 e. The summed E-state index contributed by atoms with van der Waals surface area (Å²) in [4.78, 5) is 8.02. The third-order valence-electron chi connectivity index (χ3n) is 4.03. The van der Waals surface area contributed by atoms with Crippen LogP contribution in [0.3, 0.4) is 0 Å². The Hall–Kier alpha value is -1.24. The Morgan fingerprint density at radius 2 is 1.96 bits per heavy atom. The fraction of sp³-hybridized carbons (Fsp3) is 0.500. The van der Waals surface area contributed by atoms with Gasteiger partial charge in [-0.2, -0.15) is 0 Å². The topological polar surface area (TPSA) is 52.2 Å². The van der Waals surface area contributed by atoms with Gasteiger partial charge >= 0.3 is 0 Å². The van der Waals surface area contributed by atoms with E-state index in [0.29, 0.717) is 12.0 Å². The van der Waals surface area contributed by atoms with Crippen molar-refractivity contribution in [3.8, 4) is 0 Å². The van der Waals surface area contributed by atoms with Gasteiger partial charge in [-0.3, -0.25) is 4.99 Å². The number of H-pyrrole nitrogens is 1. The Balaban J connectivity index is 0.00000264. The van der Waals surface area contributed by atoms with Crippen LogP contribution in [0.1, 0.15) is 33.3 Å². The van der Waals surface area contributed by atoms with Crippen LogP contribution in [0.4, 0.5) is 0 Å². The summed E-state index contributed by atoms with van der Waals surface area (Å²) in [6, 6.07) is 8.82. The monoisotopic (exact) mass is 428 g/mol. The van der Waals surface area contributed by atoms with Gasteiger partial charge in [-0.05, 0) is 37.8 Å². The molecule has 0 aliphatic carbocycles. The molecule has 4 nitrogen and oxygen atoms in total. The van der Waals surface area contributed by atoms with E-state index in [2.05, 4.69) is 73.8 Å². The van der Waals surface area contributed by atoms with E-state index in [1.807, 2.05) is 0 Å². The minimum absolute atomic E-state index is 0. The van der Waals surface area contributed by atoms with Crippen molar-refractivity contribution in [1.29, 1.82) is 0 Å². The Labute approximate surface area is 156 Å². The zero-order chi connectivity index (χ0) is 15.9. The molecule has 0 aliphatic heterocycles. The van der Waals surface area contributed by atoms with Gasteiger partial charge in [-0.25, -0.2) is 0 Å². The molecule has 1 aromatic heterocycles. The third kappa shape index (κ3) is 5.71. The lowest BCUT2D eigenvalue weighted by Crippen LogP contribution is -2.44. The largest absolute Gasteiger partial charge is 0.361 e. The summed E-state index contributed by atoms with van der Waals surface area (Å²) in [5, 5.41) is 8.08. The van der Waals surface area contributed by atoms with Crippen molar-refractivity contribution in [3.05, 3.63) is 36.0 Å². The average molecular weight is 428 g/mol. The molecule has 0 saturated carbocycles. The number of halogens is 1. The van der Waals surface area contributed by atoms with Crippen molar-refractivity contribution in [2.75, 3.05) is 13.1 Å². The highest BCUT2D eigenvalue weighted by molar-refractivity contribution is 14.0. The molecule has 2 rings (SSSR count). The fourth-order valence-electron chi connectivity index (χ4n) is 2.33. The molecule has 0 radical (unpaired) electrons. The number of benzene rings is 1. The second-order valence-electron chi connectivity index (χ2n) is 6.05. The first kappa shape index (κ1) is 19.8. The maximum atomic E-state index is 4.70. The average Bonchev–Trinajstić information content (AvgIpc) is 2.91. The van der Waals surface area contributed by atoms with E-state index in [1.54, 1.807) is 0 Å². The van der Waals surface area contributed by atoms with E-state index in [9.17, 15) is 0 Å². The summed E-state index contributed by atoms with van der Waals surface area (Å²) in [6.07, 6.45) is 3.04. The van der Waals surface area contributed by atoms with Crippen LogP contribution in [0.15, 0.2) is 35.5 Å². The van der Waals surface area contributed by atoms with Gasteiger partial charge in [0, 0.05) is 36.2 Å². The zero-order valence-electron chi connectivity index (χ0n) is 14.5. The molecule has 1 heterocycles. The number of para-hydroxylation sites is 1. The van der Waals surface area contributed by atoms with Crippen LogP contribution >= 0.6 is 24.0 Å². The number of rotatable bonds is 6. The standard InChI is InChI=1S/C18H28N4.HI/c1-5-19-18(22-14(4)13(2)3)20-11-10-15-12-21-17-9-7-6-8-16(15)17;/h6-9,12-14,21H,5,10-11H2,1-4H3,(H2,19,20,22);1H. The molecule has 0 fully saturated rings. The molecule has 0 saturated heterocycles. The highest BCUT2D eigenvalue weighted by Crippen LogP contribution is 2.17. The molecule has 2 aromatic rings. The van der Waals surface area contributed by atoms with Gasteiger partial charge in [0.15, 0.2) is 5.96 Å². The molecule has 1 aromatic carbocycles. The Bertz CT molecular complexity index is 618.